The maximum absolute atomic E-state index is 11.5. The average molecular weight is 245 g/mol. The van der Waals surface area contributed by atoms with E-state index in [4.69, 9.17) is 0 Å². The summed E-state index contributed by atoms with van der Waals surface area (Å²) >= 11 is 0. The first-order valence-electron chi connectivity index (χ1n) is 6.11. The molecule has 1 N–H and O–H groups in total. The van der Waals surface area contributed by atoms with E-state index < -0.39 is 0 Å². The smallest absolute Gasteiger partial charge is 0.325 e. The van der Waals surface area contributed by atoms with Gasteiger partial charge >= 0.3 is 6.03 Å². The van der Waals surface area contributed by atoms with Crippen LogP contribution in [0.15, 0.2) is 24.3 Å². The number of carbonyl (C=O) groups excluding carboxylic acids is 2. The molecule has 0 aromatic heterocycles. The van der Waals surface area contributed by atoms with Crippen LogP contribution in [0.2, 0.25) is 0 Å². The normalized spacial score (nSPS) is 19.9. The van der Waals surface area contributed by atoms with E-state index in [1.807, 2.05) is 12.1 Å². The van der Waals surface area contributed by atoms with Gasteiger partial charge in [-0.25, -0.2) is 9.69 Å². The van der Waals surface area contributed by atoms with Crippen molar-refractivity contribution in [3.8, 4) is 0 Å². The third-order valence-electron chi connectivity index (χ3n) is 3.49. The van der Waals surface area contributed by atoms with Crippen molar-refractivity contribution < 1.29 is 9.59 Å². The molecule has 1 fully saturated rings. The third-order valence-corrected chi connectivity index (χ3v) is 3.49. The third kappa shape index (κ3) is 1.97. The molecule has 2 aliphatic heterocycles. The Bertz CT molecular complexity index is 485. The van der Waals surface area contributed by atoms with Crippen LogP contribution in [0.1, 0.15) is 11.1 Å². The van der Waals surface area contributed by atoms with Crippen LogP contribution in [0.25, 0.3) is 0 Å². The molecule has 2 aliphatic rings. The fourth-order valence-electron chi connectivity index (χ4n) is 2.47. The summed E-state index contributed by atoms with van der Waals surface area (Å²) < 4.78 is 0. The van der Waals surface area contributed by atoms with Crippen molar-refractivity contribution in [1.29, 1.82) is 0 Å². The number of imide groups is 1. The minimum atomic E-state index is -0.279. The van der Waals surface area contributed by atoms with Gasteiger partial charge in [0.05, 0.1) is 13.2 Å². The summed E-state index contributed by atoms with van der Waals surface area (Å²) in [6.07, 6.45) is 0.972. The SMILES string of the molecule is O=C1CNC(=O)N1CN1CCc2ccccc2C1. The molecule has 5 nitrogen and oxygen atoms in total. The van der Waals surface area contributed by atoms with Gasteiger partial charge in [0.25, 0.3) is 5.91 Å². The van der Waals surface area contributed by atoms with Crippen LogP contribution in [0.5, 0.6) is 0 Å². The molecule has 3 rings (SSSR count). The summed E-state index contributed by atoms with van der Waals surface area (Å²) in [6, 6.07) is 8.04. The molecule has 1 aromatic carbocycles. The second kappa shape index (κ2) is 4.42. The minimum absolute atomic E-state index is 0.128. The van der Waals surface area contributed by atoms with Crippen molar-refractivity contribution >= 4 is 11.9 Å². The highest BCUT2D eigenvalue weighted by molar-refractivity contribution is 6.01. The van der Waals surface area contributed by atoms with Gasteiger partial charge in [0.1, 0.15) is 0 Å². The molecule has 0 atom stereocenters. The van der Waals surface area contributed by atoms with E-state index in [1.54, 1.807) is 0 Å². The largest absolute Gasteiger partial charge is 0.328 e. The summed E-state index contributed by atoms with van der Waals surface area (Å²) in [4.78, 5) is 26.4. The van der Waals surface area contributed by atoms with E-state index in [9.17, 15) is 9.59 Å². The lowest BCUT2D eigenvalue weighted by molar-refractivity contribution is -0.126. The predicted octanol–water partition coefficient (Wildman–Crippen LogP) is 0.554. The van der Waals surface area contributed by atoms with Crippen molar-refractivity contribution in [3.05, 3.63) is 35.4 Å². The minimum Gasteiger partial charge on any atom is -0.328 e. The zero-order chi connectivity index (χ0) is 12.5. The van der Waals surface area contributed by atoms with Crippen molar-refractivity contribution in [2.24, 2.45) is 0 Å². The van der Waals surface area contributed by atoms with Crippen LogP contribution in [-0.4, -0.2) is 41.5 Å². The highest BCUT2D eigenvalue weighted by Crippen LogP contribution is 2.18. The molecule has 0 spiro atoms. The van der Waals surface area contributed by atoms with E-state index in [2.05, 4.69) is 22.3 Å². The Hall–Kier alpha value is -1.88. The number of nitrogens with zero attached hydrogens (tertiary/aromatic N) is 2. The average Bonchev–Trinajstić information content (AvgIpc) is 2.70. The molecule has 2 heterocycles. The number of hydrogen-bond acceptors (Lipinski definition) is 3. The van der Waals surface area contributed by atoms with Gasteiger partial charge in [0.15, 0.2) is 0 Å². The quantitative estimate of drug-likeness (QED) is 0.774. The number of carbonyl (C=O) groups is 2. The highest BCUT2D eigenvalue weighted by atomic mass is 16.2. The second-order valence-corrected chi connectivity index (χ2v) is 4.69. The van der Waals surface area contributed by atoms with Gasteiger partial charge in [0, 0.05) is 13.1 Å². The number of amides is 3. The van der Waals surface area contributed by atoms with Gasteiger partial charge in [0.2, 0.25) is 0 Å². The van der Waals surface area contributed by atoms with E-state index in [-0.39, 0.29) is 18.5 Å². The zero-order valence-electron chi connectivity index (χ0n) is 10.1. The topological polar surface area (TPSA) is 52.7 Å². The molecule has 0 aliphatic carbocycles. The number of nitrogens with one attached hydrogen (secondary N) is 1. The Morgan fingerprint density at radius 3 is 2.67 bits per heavy atom. The summed E-state index contributed by atoms with van der Waals surface area (Å²) in [5.41, 5.74) is 2.65. The molecule has 0 saturated carbocycles. The summed E-state index contributed by atoms with van der Waals surface area (Å²) in [5.74, 6) is -0.140. The molecule has 94 valence electrons. The number of rotatable bonds is 2. The maximum atomic E-state index is 11.5. The van der Waals surface area contributed by atoms with Crippen molar-refractivity contribution in [3.63, 3.8) is 0 Å². The van der Waals surface area contributed by atoms with E-state index in [1.165, 1.54) is 16.0 Å². The Morgan fingerprint density at radius 1 is 1.17 bits per heavy atom. The summed E-state index contributed by atoms with van der Waals surface area (Å²) in [6.45, 7) is 2.20. The van der Waals surface area contributed by atoms with E-state index in [0.717, 1.165) is 19.5 Å². The predicted molar refractivity (Wildman–Crippen MR) is 65.7 cm³/mol. The molecule has 1 aromatic rings. The summed E-state index contributed by atoms with van der Waals surface area (Å²) in [5, 5.41) is 2.54. The lowest BCUT2D eigenvalue weighted by Crippen LogP contribution is -2.43. The van der Waals surface area contributed by atoms with Gasteiger partial charge in [-0.3, -0.25) is 9.69 Å². The summed E-state index contributed by atoms with van der Waals surface area (Å²) in [7, 11) is 0. The number of urea groups is 1. The number of fused-ring (bicyclic) bond motifs is 1. The van der Waals surface area contributed by atoms with Crippen molar-refractivity contribution in [1.82, 2.24) is 15.1 Å². The molecule has 0 radical (unpaired) electrons. The second-order valence-electron chi connectivity index (χ2n) is 4.69. The molecule has 18 heavy (non-hydrogen) atoms. The Kier molecular flexibility index (Phi) is 2.76. The molecule has 5 heteroatoms. The fourth-order valence-corrected chi connectivity index (χ4v) is 2.47. The van der Waals surface area contributed by atoms with Crippen LogP contribution in [0, 0.1) is 0 Å². The molecular formula is C13H15N3O2. The van der Waals surface area contributed by atoms with E-state index in [0.29, 0.717) is 6.67 Å². The van der Waals surface area contributed by atoms with Crippen LogP contribution >= 0.6 is 0 Å². The Labute approximate surface area is 105 Å². The molecular weight excluding hydrogens is 230 g/mol. The fraction of sp³-hybridized carbons (Fsp3) is 0.385. The van der Waals surface area contributed by atoms with Gasteiger partial charge in [-0.05, 0) is 17.5 Å². The monoisotopic (exact) mass is 245 g/mol. The number of hydrogen-bond donors (Lipinski definition) is 1. The lowest BCUT2D eigenvalue weighted by atomic mass is 10.0. The van der Waals surface area contributed by atoms with Gasteiger partial charge in [-0.2, -0.15) is 0 Å². The molecule has 1 saturated heterocycles. The van der Waals surface area contributed by atoms with Crippen LogP contribution < -0.4 is 5.32 Å². The van der Waals surface area contributed by atoms with Crippen molar-refractivity contribution in [2.75, 3.05) is 19.8 Å². The van der Waals surface area contributed by atoms with Crippen LogP contribution in [-0.2, 0) is 17.8 Å². The van der Waals surface area contributed by atoms with Crippen LogP contribution in [0.4, 0.5) is 4.79 Å². The zero-order valence-corrected chi connectivity index (χ0v) is 10.1. The number of benzene rings is 1. The Morgan fingerprint density at radius 2 is 1.94 bits per heavy atom. The van der Waals surface area contributed by atoms with Gasteiger partial charge in [-0.1, -0.05) is 24.3 Å². The first-order valence-corrected chi connectivity index (χ1v) is 6.11. The highest BCUT2D eigenvalue weighted by Gasteiger charge is 2.30. The van der Waals surface area contributed by atoms with Crippen LogP contribution in [0.3, 0.4) is 0 Å². The molecule has 0 unspecified atom stereocenters. The lowest BCUT2D eigenvalue weighted by Gasteiger charge is -2.30. The van der Waals surface area contributed by atoms with E-state index >= 15 is 0 Å². The first kappa shape index (κ1) is 11.2. The Balaban J connectivity index is 1.69. The standard InChI is InChI=1S/C13H15N3O2/c17-12-7-14-13(18)16(12)9-15-6-5-10-3-1-2-4-11(10)8-15/h1-4H,5-9H2,(H,14,18). The molecule has 0 bridgehead atoms. The van der Waals surface area contributed by atoms with Crippen molar-refractivity contribution in [2.45, 2.75) is 13.0 Å². The maximum Gasteiger partial charge on any atom is 0.325 e. The van der Waals surface area contributed by atoms with Gasteiger partial charge < -0.3 is 5.32 Å². The van der Waals surface area contributed by atoms with Gasteiger partial charge in [-0.15, -0.1) is 0 Å². The first-order chi connectivity index (χ1) is 8.74. The molecule has 3 amide bonds.